The Kier molecular flexibility index (Phi) is 10.5. The maximum Gasteiger partial charge on any atom is 0.407 e. The number of carbonyl (C=O) groups excluding carboxylic acids is 3. The van der Waals surface area contributed by atoms with Gasteiger partial charge in [0.2, 0.25) is 0 Å². The van der Waals surface area contributed by atoms with Gasteiger partial charge in [-0.05, 0) is 78.1 Å². The van der Waals surface area contributed by atoms with Crippen LogP contribution in [0.15, 0.2) is 97.1 Å². The van der Waals surface area contributed by atoms with Crippen molar-refractivity contribution < 1.29 is 28.6 Å². The average molecular weight is 617 g/mol. The van der Waals surface area contributed by atoms with E-state index in [0.717, 1.165) is 38.9 Å². The molecule has 1 aliphatic carbocycles. The second-order valence-electron chi connectivity index (χ2n) is 10.9. The van der Waals surface area contributed by atoms with Crippen LogP contribution in [0, 0.1) is 11.8 Å². The molecule has 2 atom stereocenters. The lowest BCUT2D eigenvalue weighted by Gasteiger charge is -2.24. The number of hydrogen-bond acceptors (Lipinski definition) is 6. The summed E-state index contributed by atoms with van der Waals surface area (Å²) in [5, 5.41) is 5.36. The normalized spacial score (nSPS) is 12.8. The van der Waals surface area contributed by atoms with Gasteiger partial charge >= 0.3 is 12.1 Å². The zero-order valence-corrected chi connectivity index (χ0v) is 26.0. The first-order valence-electron chi connectivity index (χ1n) is 15.2. The van der Waals surface area contributed by atoms with Gasteiger partial charge in [-0.25, -0.2) is 9.59 Å². The highest BCUT2D eigenvalue weighted by Crippen LogP contribution is 2.44. The second kappa shape index (κ2) is 15.1. The zero-order valence-electron chi connectivity index (χ0n) is 26.0. The lowest BCUT2D eigenvalue weighted by atomic mass is 9.98. The Morgan fingerprint density at radius 3 is 1.91 bits per heavy atom. The number of alkyl carbamates (subject to hydrolysis) is 1. The third kappa shape index (κ3) is 7.63. The predicted octanol–water partition coefficient (Wildman–Crippen LogP) is 5.82. The Bertz CT molecular complexity index is 1710. The van der Waals surface area contributed by atoms with Gasteiger partial charge in [0.15, 0.2) is 0 Å². The van der Waals surface area contributed by atoms with Gasteiger partial charge in [-0.2, -0.15) is 0 Å². The van der Waals surface area contributed by atoms with Crippen LogP contribution in [0.5, 0.6) is 0 Å². The molecule has 0 spiro atoms. The lowest BCUT2D eigenvalue weighted by molar-refractivity contribution is -0.143. The molecule has 1 aliphatic rings. The van der Waals surface area contributed by atoms with E-state index in [0.29, 0.717) is 18.8 Å². The number of fused-ring (bicyclic) bond motifs is 3. The van der Waals surface area contributed by atoms with Crippen molar-refractivity contribution in [2.75, 3.05) is 20.3 Å². The maximum atomic E-state index is 13.1. The quantitative estimate of drug-likeness (QED) is 0.172. The Hall–Kier alpha value is -5.39. The van der Waals surface area contributed by atoms with E-state index >= 15 is 0 Å². The van der Waals surface area contributed by atoms with E-state index in [2.05, 4.69) is 34.6 Å². The van der Waals surface area contributed by atoms with Crippen LogP contribution in [0.25, 0.3) is 11.1 Å². The van der Waals surface area contributed by atoms with Crippen molar-refractivity contribution in [1.29, 1.82) is 0 Å². The van der Waals surface area contributed by atoms with Crippen molar-refractivity contribution in [2.24, 2.45) is 0 Å². The van der Waals surface area contributed by atoms with Gasteiger partial charge in [-0.15, -0.1) is 0 Å². The molecular formula is C38H36N2O6. The van der Waals surface area contributed by atoms with Gasteiger partial charge in [-0.3, -0.25) is 4.79 Å². The van der Waals surface area contributed by atoms with Crippen molar-refractivity contribution in [3.8, 4) is 23.0 Å². The van der Waals surface area contributed by atoms with Gasteiger partial charge in [-0.1, -0.05) is 72.5 Å². The van der Waals surface area contributed by atoms with Gasteiger partial charge in [0.1, 0.15) is 12.6 Å². The first kappa shape index (κ1) is 32.0. The largest absolute Gasteiger partial charge is 0.467 e. The van der Waals surface area contributed by atoms with Crippen molar-refractivity contribution in [1.82, 2.24) is 10.6 Å². The van der Waals surface area contributed by atoms with E-state index < -0.39 is 30.1 Å². The average Bonchev–Trinajstić information content (AvgIpc) is 3.41. The minimum absolute atomic E-state index is 0.108. The molecule has 8 nitrogen and oxygen atoms in total. The topological polar surface area (TPSA) is 103 Å². The minimum atomic E-state index is -1.15. The summed E-state index contributed by atoms with van der Waals surface area (Å²) in [6, 6.07) is 28.7. The molecule has 4 aromatic rings. The third-order valence-electron chi connectivity index (χ3n) is 7.86. The van der Waals surface area contributed by atoms with Crippen molar-refractivity contribution in [3.05, 3.63) is 130 Å². The number of amides is 2. The first-order chi connectivity index (χ1) is 22.4. The number of esters is 1. The Morgan fingerprint density at radius 2 is 1.35 bits per heavy atom. The summed E-state index contributed by atoms with van der Waals surface area (Å²) in [5.41, 5.74) is 7.42. The molecule has 4 aromatic carbocycles. The van der Waals surface area contributed by atoms with E-state index in [-0.39, 0.29) is 12.5 Å². The van der Waals surface area contributed by atoms with Crippen LogP contribution < -0.4 is 10.6 Å². The van der Waals surface area contributed by atoms with Gasteiger partial charge in [0.25, 0.3) is 5.91 Å². The fourth-order valence-corrected chi connectivity index (χ4v) is 5.40. The molecule has 0 aromatic heterocycles. The first-order valence-corrected chi connectivity index (χ1v) is 15.2. The molecule has 0 unspecified atom stereocenters. The second-order valence-corrected chi connectivity index (χ2v) is 10.9. The predicted molar refractivity (Wildman–Crippen MR) is 175 cm³/mol. The summed E-state index contributed by atoms with van der Waals surface area (Å²) >= 11 is 0. The highest BCUT2D eigenvalue weighted by Gasteiger charge is 2.32. The number of nitrogens with one attached hydrogen (secondary N) is 2. The maximum absolute atomic E-state index is 13.1. The molecule has 0 aliphatic heterocycles. The molecule has 0 saturated heterocycles. The van der Waals surface area contributed by atoms with Gasteiger partial charge in [0.05, 0.1) is 19.8 Å². The molecule has 234 valence electrons. The molecule has 5 rings (SSSR count). The van der Waals surface area contributed by atoms with E-state index in [4.69, 9.17) is 14.2 Å². The lowest BCUT2D eigenvalue weighted by Crippen LogP contribution is -2.54. The summed E-state index contributed by atoms with van der Waals surface area (Å²) in [4.78, 5) is 38.6. The zero-order chi connectivity index (χ0) is 32.5. The summed E-state index contributed by atoms with van der Waals surface area (Å²) in [7, 11) is 1.22. The summed E-state index contributed by atoms with van der Waals surface area (Å²) in [5.74, 6) is 4.90. The number of ether oxygens (including phenoxy) is 3. The van der Waals surface area contributed by atoms with Gasteiger partial charge < -0.3 is 24.8 Å². The monoisotopic (exact) mass is 616 g/mol. The van der Waals surface area contributed by atoms with Crippen molar-refractivity contribution in [2.45, 2.75) is 38.5 Å². The van der Waals surface area contributed by atoms with Gasteiger partial charge in [0, 0.05) is 29.2 Å². The molecule has 8 heteroatoms. The van der Waals surface area contributed by atoms with Crippen molar-refractivity contribution in [3.63, 3.8) is 0 Å². The third-order valence-corrected chi connectivity index (χ3v) is 7.86. The van der Waals surface area contributed by atoms with Crippen LogP contribution in [-0.2, 0) is 25.6 Å². The van der Waals surface area contributed by atoms with Crippen LogP contribution in [0.3, 0.4) is 0 Å². The molecule has 0 fully saturated rings. The molecule has 0 heterocycles. The Balaban J connectivity index is 1.17. The van der Waals surface area contributed by atoms with E-state index in [9.17, 15) is 14.4 Å². The van der Waals surface area contributed by atoms with E-state index in [1.54, 1.807) is 31.2 Å². The fourth-order valence-electron chi connectivity index (χ4n) is 5.40. The standard InChI is InChI=1S/C38H36N2O6/c1-4-45-23-28-17-15-26(16-18-28)13-14-27-19-21-29(22-20-27)36(41)40-35(37(42)44-3)25(2)39-38(43)46-24-34-32-11-7-5-9-30(32)31-10-6-8-12-33(31)34/h5-12,15-22,25,34-35H,4,23-24H2,1-3H3,(H,39,43)(H,40,41)/t25-,35+/m1/s1. The molecular weight excluding hydrogens is 580 g/mol. The molecule has 0 bridgehead atoms. The Morgan fingerprint density at radius 1 is 0.783 bits per heavy atom. The van der Waals surface area contributed by atoms with E-state index in [1.165, 1.54) is 7.11 Å². The number of hydrogen-bond donors (Lipinski definition) is 2. The molecule has 46 heavy (non-hydrogen) atoms. The Labute approximate surface area is 269 Å². The van der Waals surface area contributed by atoms with Crippen LogP contribution >= 0.6 is 0 Å². The highest BCUT2D eigenvalue weighted by atomic mass is 16.5. The summed E-state index contributed by atoms with van der Waals surface area (Å²) in [6.07, 6.45) is -0.704. The van der Waals surface area contributed by atoms with Crippen LogP contribution in [0.2, 0.25) is 0 Å². The summed E-state index contributed by atoms with van der Waals surface area (Å²) < 4.78 is 16.0. The van der Waals surface area contributed by atoms with Crippen LogP contribution in [0.1, 0.15) is 57.9 Å². The van der Waals surface area contributed by atoms with Crippen LogP contribution in [0.4, 0.5) is 4.79 Å². The fraction of sp³-hybridized carbons (Fsp3) is 0.237. The number of rotatable bonds is 10. The molecule has 0 radical (unpaired) electrons. The molecule has 0 saturated carbocycles. The van der Waals surface area contributed by atoms with Crippen LogP contribution in [-0.4, -0.2) is 50.4 Å². The minimum Gasteiger partial charge on any atom is -0.467 e. The molecule has 2 N–H and O–H groups in total. The molecule has 2 amide bonds. The SMILES string of the molecule is CCOCc1ccc(C#Cc2ccc(C(=O)N[C@H](C(=O)OC)[C@@H](C)NC(=O)OCC3c4ccccc4-c4ccccc43)cc2)cc1. The number of carbonyl (C=O) groups is 3. The number of methoxy groups -OCH3 is 1. The summed E-state index contributed by atoms with van der Waals surface area (Å²) in [6.45, 7) is 4.91. The number of benzene rings is 4. The van der Waals surface area contributed by atoms with Crippen molar-refractivity contribution >= 4 is 18.0 Å². The smallest absolute Gasteiger partial charge is 0.407 e. The highest BCUT2D eigenvalue weighted by molar-refractivity contribution is 5.97. The van der Waals surface area contributed by atoms with E-state index in [1.807, 2.05) is 67.6 Å².